The summed E-state index contributed by atoms with van der Waals surface area (Å²) >= 11 is 6.49. The second-order valence-corrected chi connectivity index (χ2v) is 13.4. The van der Waals surface area contributed by atoms with E-state index >= 15 is 0 Å². The monoisotopic (exact) mass is 583 g/mol. The van der Waals surface area contributed by atoms with Crippen LogP contribution in [0.15, 0.2) is 72.8 Å². The average Bonchev–Trinajstić information content (AvgIpc) is 2.86. The molecule has 0 unspecified atom stereocenters. The average molecular weight is 584 g/mol. The summed E-state index contributed by atoms with van der Waals surface area (Å²) in [6.45, 7) is 8.83. The van der Waals surface area contributed by atoms with Crippen LogP contribution in [0, 0.1) is 13.8 Å². The number of rotatable bonds is 10. The number of nitrogens with one attached hydrogen (secondary N) is 1. The van der Waals surface area contributed by atoms with E-state index in [2.05, 4.69) is 5.32 Å². The van der Waals surface area contributed by atoms with Crippen molar-refractivity contribution in [3.8, 4) is 0 Å². The van der Waals surface area contributed by atoms with E-state index < -0.39 is 34.1 Å². The zero-order chi connectivity index (χ0) is 29.7. The van der Waals surface area contributed by atoms with Gasteiger partial charge >= 0.3 is 0 Å². The van der Waals surface area contributed by atoms with Gasteiger partial charge in [0.2, 0.25) is 21.8 Å². The molecule has 0 spiro atoms. The van der Waals surface area contributed by atoms with Crippen LogP contribution in [0.1, 0.15) is 43.0 Å². The van der Waals surface area contributed by atoms with Gasteiger partial charge in [0, 0.05) is 23.5 Å². The van der Waals surface area contributed by atoms with Crippen LogP contribution < -0.4 is 9.62 Å². The molecule has 0 aliphatic rings. The maximum absolute atomic E-state index is 14.2. The van der Waals surface area contributed by atoms with Gasteiger partial charge in [0.25, 0.3) is 0 Å². The van der Waals surface area contributed by atoms with E-state index in [0.29, 0.717) is 21.8 Å². The molecule has 9 heteroatoms. The topological polar surface area (TPSA) is 86.8 Å². The minimum absolute atomic E-state index is 0.0258. The highest BCUT2D eigenvalue weighted by molar-refractivity contribution is 7.92. The summed E-state index contributed by atoms with van der Waals surface area (Å²) in [6.07, 6.45) is 1.31. The van der Waals surface area contributed by atoms with Crippen molar-refractivity contribution in [3.05, 3.63) is 100 Å². The van der Waals surface area contributed by atoms with Crippen LogP contribution in [-0.2, 0) is 32.6 Å². The Labute approximate surface area is 243 Å². The molecule has 0 aromatic heterocycles. The van der Waals surface area contributed by atoms with Gasteiger partial charge in [0.15, 0.2) is 0 Å². The molecule has 1 N–H and O–H groups in total. The summed E-state index contributed by atoms with van der Waals surface area (Å²) in [5.74, 6) is -0.856. The summed E-state index contributed by atoms with van der Waals surface area (Å²) in [4.78, 5) is 29.4. The van der Waals surface area contributed by atoms with Crippen LogP contribution in [0.4, 0.5) is 5.69 Å². The minimum Gasteiger partial charge on any atom is -0.350 e. The fraction of sp³-hybridized carbons (Fsp3) is 0.355. The Balaban J connectivity index is 2.11. The SMILES string of the molecule is Cc1ccc(C)c(N(CC(=O)N(Cc2ccccc2Cl)[C@H](Cc2ccccc2)C(=O)NC(C)(C)C)S(C)(=O)=O)c1. The van der Waals surface area contributed by atoms with E-state index in [-0.39, 0.29) is 18.9 Å². The Kier molecular flexibility index (Phi) is 10.0. The molecule has 3 rings (SSSR count). The lowest BCUT2D eigenvalue weighted by molar-refractivity contribution is -0.140. The van der Waals surface area contributed by atoms with Crippen LogP contribution in [-0.4, -0.2) is 49.5 Å². The van der Waals surface area contributed by atoms with Gasteiger partial charge in [-0.1, -0.05) is 72.3 Å². The third-order valence-corrected chi connectivity index (χ3v) is 7.88. The van der Waals surface area contributed by atoms with Gasteiger partial charge < -0.3 is 10.2 Å². The molecule has 3 aromatic rings. The van der Waals surface area contributed by atoms with Crippen LogP contribution in [0.2, 0.25) is 5.02 Å². The van der Waals surface area contributed by atoms with Crippen molar-refractivity contribution in [2.24, 2.45) is 0 Å². The molecule has 0 aliphatic heterocycles. The first-order chi connectivity index (χ1) is 18.7. The van der Waals surface area contributed by atoms with Gasteiger partial charge in [-0.2, -0.15) is 0 Å². The zero-order valence-electron chi connectivity index (χ0n) is 23.9. The molecule has 0 aliphatic carbocycles. The predicted octanol–water partition coefficient (Wildman–Crippen LogP) is 5.28. The van der Waals surface area contributed by atoms with Gasteiger partial charge in [-0.25, -0.2) is 8.42 Å². The van der Waals surface area contributed by atoms with Crippen molar-refractivity contribution in [3.63, 3.8) is 0 Å². The number of benzene rings is 3. The Morgan fingerprint density at radius 2 is 1.57 bits per heavy atom. The first kappa shape index (κ1) is 31.2. The predicted molar refractivity (Wildman–Crippen MR) is 162 cm³/mol. The molecule has 1 atom stereocenters. The number of halogens is 1. The van der Waals surface area contributed by atoms with Crippen molar-refractivity contribution in [2.75, 3.05) is 17.1 Å². The molecule has 0 bridgehead atoms. The Morgan fingerprint density at radius 3 is 2.17 bits per heavy atom. The molecule has 40 heavy (non-hydrogen) atoms. The Hall–Kier alpha value is -3.36. The van der Waals surface area contributed by atoms with Crippen LogP contribution in [0.3, 0.4) is 0 Å². The number of hydrogen-bond acceptors (Lipinski definition) is 4. The maximum atomic E-state index is 14.2. The molecule has 214 valence electrons. The standard InChI is InChI=1S/C31H38ClN3O4S/c1-22-16-17-23(2)27(18-22)35(40(6,38)39)21-29(36)34(20-25-14-10-11-15-26(25)32)28(30(37)33-31(3,4)5)19-24-12-8-7-9-13-24/h7-18,28H,19-21H2,1-6H3,(H,33,37)/t28-/m1/s1. The molecular weight excluding hydrogens is 546 g/mol. The molecule has 0 saturated carbocycles. The summed E-state index contributed by atoms with van der Waals surface area (Å²) in [5, 5.41) is 3.46. The number of carbonyl (C=O) groups is 2. The van der Waals surface area contributed by atoms with Crippen molar-refractivity contribution >= 4 is 39.1 Å². The molecule has 2 amide bonds. The zero-order valence-corrected chi connectivity index (χ0v) is 25.5. The highest BCUT2D eigenvalue weighted by atomic mass is 35.5. The number of amides is 2. The van der Waals surface area contributed by atoms with Gasteiger partial charge in [0.1, 0.15) is 12.6 Å². The van der Waals surface area contributed by atoms with Gasteiger partial charge in [0.05, 0.1) is 11.9 Å². The summed E-state index contributed by atoms with van der Waals surface area (Å²) in [5.41, 5.74) is 2.96. The summed E-state index contributed by atoms with van der Waals surface area (Å²) in [7, 11) is -3.84. The number of anilines is 1. The quantitative estimate of drug-likeness (QED) is 0.352. The number of hydrogen-bond donors (Lipinski definition) is 1. The van der Waals surface area contributed by atoms with E-state index in [1.54, 1.807) is 31.2 Å². The molecule has 3 aromatic carbocycles. The van der Waals surface area contributed by atoms with E-state index in [9.17, 15) is 18.0 Å². The number of aryl methyl sites for hydroxylation is 2. The molecule has 0 fully saturated rings. The molecular formula is C31H38ClN3O4S. The molecule has 0 saturated heterocycles. The van der Waals surface area contributed by atoms with E-state index in [4.69, 9.17) is 11.6 Å². The minimum atomic E-state index is -3.84. The van der Waals surface area contributed by atoms with Crippen molar-refractivity contribution < 1.29 is 18.0 Å². The maximum Gasteiger partial charge on any atom is 0.244 e. The van der Waals surface area contributed by atoms with Gasteiger partial charge in [-0.3, -0.25) is 13.9 Å². The van der Waals surface area contributed by atoms with Crippen LogP contribution in [0.5, 0.6) is 0 Å². The Morgan fingerprint density at radius 1 is 0.950 bits per heavy atom. The second-order valence-electron chi connectivity index (χ2n) is 11.1. The van der Waals surface area contributed by atoms with E-state index in [0.717, 1.165) is 21.7 Å². The van der Waals surface area contributed by atoms with Crippen molar-refractivity contribution in [1.82, 2.24) is 10.2 Å². The lowest BCUT2D eigenvalue weighted by Gasteiger charge is -2.35. The smallest absolute Gasteiger partial charge is 0.244 e. The molecule has 0 radical (unpaired) electrons. The first-order valence-corrected chi connectivity index (χ1v) is 15.3. The third-order valence-electron chi connectivity index (χ3n) is 6.38. The lowest BCUT2D eigenvalue weighted by Crippen LogP contribution is -2.56. The molecule has 7 nitrogen and oxygen atoms in total. The van der Waals surface area contributed by atoms with E-state index in [1.165, 1.54) is 4.90 Å². The van der Waals surface area contributed by atoms with Gasteiger partial charge in [-0.15, -0.1) is 0 Å². The van der Waals surface area contributed by atoms with Gasteiger partial charge in [-0.05, 0) is 69.0 Å². The van der Waals surface area contributed by atoms with Crippen molar-refractivity contribution in [2.45, 2.75) is 59.2 Å². The number of sulfonamides is 1. The fourth-order valence-electron chi connectivity index (χ4n) is 4.40. The number of carbonyl (C=O) groups excluding carboxylic acids is 2. The fourth-order valence-corrected chi connectivity index (χ4v) is 5.49. The van der Waals surface area contributed by atoms with Crippen LogP contribution >= 0.6 is 11.6 Å². The second kappa shape index (κ2) is 12.9. The normalized spacial score (nSPS) is 12.5. The third kappa shape index (κ3) is 8.57. The highest BCUT2D eigenvalue weighted by Crippen LogP contribution is 2.26. The van der Waals surface area contributed by atoms with Crippen molar-refractivity contribution in [1.29, 1.82) is 0 Å². The first-order valence-electron chi connectivity index (χ1n) is 13.1. The van der Waals surface area contributed by atoms with E-state index in [1.807, 2.05) is 76.2 Å². The number of nitrogens with zero attached hydrogens (tertiary/aromatic N) is 2. The largest absolute Gasteiger partial charge is 0.350 e. The Bertz CT molecular complexity index is 1450. The molecule has 0 heterocycles. The highest BCUT2D eigenvalue weighted by Gasteiger charge is 2.34. The summed E-state index contributed by atoms with van der Waals surface area (Å²) in [6, 6.07) is 21.1. The van der Waals surface area contributed by atoms with Crippen LogP contribution in [0.25, 0.3) is 0 Å². The lowest BCUT2D eigenvalue weighted by atomic mass is 10.0. The summed E-state index contributed by atoms with van der Waals surface area (Å²) < 4.78 is 27.1.